The predicted molar refractivity (Wildman–Crippen MR) is 74.4 cm³/mol. The fourth-order valence-electron chi connectivity index (χ4n) is 1.46. The Morgan fingerprint density at radius 2 is 1.89 bits per heavy atom. The van der Waals surface area contributed by atoms with Gasteiger partial charge in [-0.3, -0.25) is 4.90 Å². The molecule has 0 aromatic heterocycles. The maximum atomic E-state index is 11.6. The Balaban J connectivity index is 0. The SMILES string of the molecule is CC.CC(C)(C)OC(=O)N1CC(O)C[C@H]1C#N.CN. The highest BCUT2D eigenvalue weighted by Gasteiger charge is 2.36. The lowest BCUT2D eigenvalue weighted by Gasteiger charge is -2.25. The van der Waals surface area contributed by atoms with E-state index in [-0.39, 0.29) is 6.54 Å². The summed E-state index contributed by atoms with van der Waals surface area (Å²) in [6.45, 7) is 9.46. The molecule has 6 heteroatoms. The van der Waals surface area contributed by atoms with E-state index < -0.39 is 23.8 Å². The van der Waals surface area contributed by atoms with Gasteiger partial charge in [0.05, 0.1) is 18.7 Å². The molecule has 1 aliphatic rings. The molecule has 0 saturated carbocycles. The van der Waals surface area contributed by atoms with Gasteiger partial charge in [-0.15, -0.1) is 0 Å². The van der Waals surface area contributed by atoms with Crippen LogP contribution in [0.25, 0.3) is 0 Å². The molecule has 1 fully saturated rings. The lowest BCUT2D eigenvalue weighted by Crippen LogP contribution is -2.39. The summed E-state index contributed by atoms with van der Waals surface area (Å²) < 4.78 is 5.13. The number of rotatable bonds is 0. The van der Waals surface area contributed by atoms with E-state index in [1.807, 2.05) is 19.9 Å². The number of nitrogens with two attached hydrogens (primary N) is 1. The number of amides is 1. The Labute approximate surface area is 116 Å². The molecule has 1 saturated heterocycles. The first-order valence-corrected chi connectivity index (χ1v) is 6.48. The maximum Gasteiger partial charge on any atom is 0.411 e. The Kier molecular flexibility index (Phi) is 10.1. The number of ether oxygens (including phenoxy) is 1. The first-order valence-electron chi connectivity index (χ1n) is 6.48. The van der Waals surface area contributed by atoms with Gasteiger partial charge in [0.2, 0.25) is 0 Å². The third-order valence-corrected chi connectivity index (χ3v) is 2.06. The topological polar surface area (TPSA) is 99.6 Å². The van der Waals surface area contributed by atoms with Gasteiger partial charge in [0.1, 0.15) is 11.6 Å². The molecule has 0 aliphatic carbocycles. The van der Waals surface area contributed by atoms with Gasteiger partial charge in [-0.05, 0) is 27.8 Å². The molecule has 112 valence electrons. The monoisotopic (exact) mass is 273 g/mol. The quantitative estimate of drug-likeness (QED) is 0.696. The number of carbonyl (C=O) groups is 1. The molecule has 1 heterocycles. The second kappa shape index (κ2) is 9.59. The van der Waals surface area contributed by atoms with Crippen LogP contribution in [0.3, 0.4) is 0 Å². The smallest absolute Gasteiger partial charge is 0.411 e. The number of likely N-dealkylation sites (tertiary alicyclic amines) is 1. The number of β-amino-alcohol motifs (C(OH)–C–C–N with tert-alkyl or cyclic N) is 1. The van der Waals surface area contributed by atoms with Gasteiger partial charge in [0.15, 0.2) is 0 Å². The number of aliphatic hydroxyl groups excluding tert-OH is 1. The van der Waals surface area contributed by atoms with E-state index in [4.69, 9.17) is 10.00 Å². The standard InChI is InChI=1S/C10H16N2O3.C2H6.CH5N/c1-10(2,3)15-9(14)12-6-8(13)4-7(12)5-11;2*1-2/h7-8,13H,4,6H2,1-3H3;1-2H3;2H2,1H3/t7-,8?;;/m0../s1. The largest absolute Gasteiger partial charge is 0.444 e. The molecule has 3 N–H and O–H groups in total. The van der Waals surface area contributed by atoms with Crippen LogP contribution in [0, 0.1) is 11.3 Å². The van der Waals surface area contributed by atoms with E-state index in [2.05, 4.69) is 5.73 Å². The minimum absolute atomic E-state index is 0.174. The molecule has 0 aromatic carbocycles. The first kappa shape index (κ1) is 20.0. The van der Waals surface area contributed by atoms with E-state index in [0.717, 1.165) is 0 Å². The molecule has 6 nitrogen and oxygen atoms in total. The summed E-state index contributed by atoms with van der Waals surface area (Å²) >= 11 is 0. The van der Waals surface area contributed by atoms with Crippen LogP contribution in [-0.4, -0.2) is 47.4 Å². The molecule has 0 radical (unpaired) electrons. The van der Waals surface area contributed by atoms with Gasteiger partial charge in [-0.1, -0.05) is 13.8 Å². The fraction of sp³-hybridized carbons (Fsp3) is 0.846. The normalized spacial score (nSPS) is 21.3. The predicted octanol–water partition coefficient (Wildman–Crippen LogP) is 1.48. The molecule has 0 aromatic rings. The molecular weight excluding hydrogens is 246 g/mol. The first-order chi connectivity index (χ1) is 8.83. The number of hydrogen-bond acceptors (Lipinski definition) is 5. The molecule has 1 rings (SSSR count). The van der Waals surface area contributed by atoms with E-state index >= 15 is 0 Å². The lowest BCUT2D eigenvalue weighted by molar-refractivity contribution is 0.0238. The summed E-state index contributed by atoms with van der Waals surface area (Å²) in [5.74, 6) is 0. The molecular formula is C13H27N3O3. The van der Waals surface area contributed by atoms with E-state index in [1.165, 1.54) is 11.9 Å². The van der Waals surface area contributed by atoms with Crippen molar-refractivity contribution in [3.05, 3.63) is 0 Å². The number of hydrogen-bond donors (Lipinski definition) is 2. The van der Waals surface area contributed by atoms with E-state index in [0.29, 0.717) is 6.42 Å². The highest BCUT2D eigenvalue weighted by molar-refractivity contribution is 5.69. The number of carbonyl (C=O) groups excluding carboxylic acids is 1. The van der Waals surface area contributed by atoms with Gasteiger partial charge in [-0.2, -0.15) is 5.26 Å². The van der Waals surface area contributed by atoms with Crippen LogP contribution in [0.2, 0.25) is 0 Å². The number of nitriles is 1. The van der Waals surface area contributed by atoms with Crippen LogP contribution in [0.5, 0.6) is 0 Å². The average Bonchev–Trinajstić information content (AvgIpc) is 2.74. The van der Waals surface area contributed by atoms with Gasteiger partial charge >= 0.3 is 6.09 Å². The summed E-state index contributed by atoms with van der Waals surface area (Å²) in [5, 5.41) is 18.1. The van der Waals surface area contributed by atoms with Crippen molar-refractivity contribution in [2.24, 2.45) is 5.73 Å². The number of nitrogens with zero attached hydrogens (tertiary/aromatic N) is 2. The molecule has 1 amide bonds. The maximum absolute atomic E-state index is 11.6. The summed E-state index contributed by atoms with van der Waals surface area (Å²) in [5.41, 5.74) is 3.92. The summed E-state index contributed by atoms with van der Waals surface area (Å²) in [4.78, 5) is 12.9. The third kappa shape index (κ3) is 7.65. The average molecular weight is 273 g/mol. The molecule has 2 atom stereocenters. The Morgan fingerprint density at radius 1 is 1.42 bits per heavy atom. The second-order valence-corrected chi connectivity index (χ2v) is 4.67. The van der Waals surface area contributed by atoms with E-state index in [1.54, 1.807) is 20.8 Å². The Hall–Kier alpha value is -1.32. The van der Waals surface area contributed by atoms with Crippen LogP contribution in [0.15, 0.2) is 0 Å². The Bertz CT molecular complexity index is 294. The van der Waals surface area contributed by atoms with Crippen molar-refractivity contribution in [1.82, 2.24) is 4.90 Å². The molecule has 0 bridgehead atoms. The molecule has 1 unspecified atom stereocenters. The van der Waals surface area contributed by atoms with Gasteiger partial charge in [0, 0.05) is 6.42 Å². The Morgan fingerprint density at radius 3 is 2.26 bits per heavy atom. The summed E-state index contributed by atoms with van der Waals surface area (Å²) in [6, 6.07) is 1.40. The van der Waals surface area contributed by atoms with Crippen molar-refractivity contribution in [3.8, 4) is 6.07 Å². The van der Waals surface area contributed by atoms with Crippen LogP contribution in [0.1, 0.15) is 41.0 Å². The van der Waals surface area contributed by atoms with Crippen LogP contribution < -0.4 is 5.73 Å². The molecule has 0 spiro atoms. The van der Waals surface area contributed by atoms with Crippen molar-refractivity contribution >= 4 is 6.09 Å². The van der Waals surface area contributed by atoms with E-state index in [9.17, 15) is 9.90 Å². The van der Waals surface area contributed by atoms with Crippen LogP contribution in [0.4, 0.5) is 4.79 Å². The van der Waals surface area contributed by atoms with Crippen molar-refractivity contribution in [2.45, 2.75) is 58.8 Å². The summed E-state index contributed by atoms with van der Waals surface area (Å²) in [7, 11) is 1.50. The highest BCUT2D eigenvalue weighted by atomic mass is 16.6. The van der Waals surface area contributed by atoms with Crippen molar-refractivity contribution in [2.75, 3.05) is 13.6 Å². The second-order valence-electron chi connectivity index (χ2n) is 4.67. The van der Waals surface area contributed by atoms with Crippen molar-refractivity contribution in [3.63, 3.8) is 0 Å². The zero-order valence-electron chi connectivity index (χ0n) is 12.8. The zero-order chi connectivity index (χ0) is 15.6. The minimum atomic E-state index is -0.623. The zero-order valence-corrected chi connectivity index (χ0v) is 12.8. The lowest BCUT2D eigenvalue weighted by atomic mass is 10.2. The number of aliphatic hydroxyl groups is 1. The van der Waals surface area contributed by atoms with Crippen LogP contribution >= 0.6 is 0 Å². The molecule has 1 aliphatic heterocycles. The van der Waals surface area contributed by atoms with Crippen molar-refractivity contribution in [1.29, 1.82) is 5.26 Å². The summed E-state index contributed by atoms with van der Waals surface area (Å²) in [6.07, 6.45) is -0.858. The fourth-order valence-corrected chi connectivity index (χ4v) is 1.46. The van der Waals surface area contributed by atoms with Gasteiger partial charge < -0.3 is 15.6 Å². The third-order valence-electron chi connectivity index (χ3n) is 2.06. The van der Waals surface area contributed by atoms with Gasteiger partial charge in [0.25, 0.3) is 0 Å². The minimum Gasteiger partial charge on any atom is -0.444 e. The van der Waals surface area contributed by atoms with Crippen LogP contribution in [-0.2, 0) is 4.74 Å². The van der Waals surface area contributed by atoms with Gasteiger partial charge in [-0.25, -0.2) is 4.79 Å². The molecule has 19 heavy (non-hydrogen) atoms. The highest BCUT2D eigenvalue weighted by Crippen LogP contribution is 2.20. The van der Waals surface area contributed by atoms with Crippen molar-refractivity contribution < 1.29 is 14.6 Å².